The van der Waals surface area contributed by atoms with Crippen molar-refractivity contribution in [2.24, 2.45) is 5.92 Å². The van der Waals surface area contributed by atoms with Crippen LogP contribution < -0.4 is 0 Å². The first kappa shape index (κ1) is 16.9. The van der Waals surface area contributed by atoms with Gasteiger partial charge in [0.2, 0.25) is 6.67 Å². The van der Waals surface area contributed by atoms with Crippen molar-refractivity contribution >= 4 is 0 Å². The second-order valence-electron chi connectivity index (χ2n) is 7.39. The van der Waals surface area contributed by atoms with Gasteiger partial charge in [-0.15, -0.1) is 0 Å². The molecule has 1 atom stereocenters. The van der Waals surface area contributed by atoms with Gasteiger partial charge in [0.15, 0.2) is 0 Å². The summed E-state index contributed by atoms with van der Waals surface area (Å²) in [5.41, 5.74) is 7.18. The van der Waals surface area contributed by atoms with E-state index in [1.807, 2.05) is 11.9 Å². The molecule has 2 radical (unpaired) electrons. The Kier molecular flexibility index (Phi) is 4.33. The van der Waals surface area contributed by atoms with Crippen LogP contribution in [0.2, 0.25) is 0 Å². The molecule has 2 heteroatoms. The fourth-order valence-corrected chi connectivity index (χ4v) is 3.97. The van der Waals surface area contributed by atoms with E-state index in [4.69, 9.17) is 0 Å². The first-order valence-electron chi connectivity index (χ1n) is 8.72. The third-order valence-corrected chi connectivity index (χ3v) is 6.02. The molecule has 1 aromatic rings. The SMILES string of the molecule is CC1=C(C)C(CC(C)(c2ccccc2)N2[C]N(C)C=C2)C(C)=C1C. The summed E-state index contributed by atoms with van der Waals surface area (Å²) in [5.74, 6) is 0.497. The number of hydrogen-bond acceptors (Lipinski definition) is 2. The van der Waals surface area contributed by atoms with E-state index in [-0.39, 0.29) is 5.54 Å². The topological polar surface area (TPSA) is 6.48 Å². The van der Waals surface area contributed by atoms with Crippen LogP contribution in [0, 0.1) is 12.6 Å². The highest BCUT2D eigenvalue weighted by atomic mass is 15.4. The number of hydrogen-bond donors (Lipinski definition) is 0. The van der Waals surface area contributed by atoms with Gasteiger partial charge < -0.3 is 9.80 Å². The number of nitrogens with zero attached hydrogens (tertiary/aromatic N) is 2. The van der Waals surface area contributed by atoms with Crippen molar-refractivity contribution < 1.29 is 0 Å². The molecule has 0 aromatic heterocycles. The van der Waals surface area contributed by atoms with E-state index >= 15 is 0 Å². The van der Waals surface area contributed by atoms with Crippen molar-refractivity contribution in [1.82, 2.24) is 9.80 Å². The van der Waals surface area contributed by atoms with E-state index in [0.717, 1.165) is 6.42 Å². The maximum Gasteiger partial charge on any atom is 0.208 e. The fourth-order valence-electron chi connectivity index (χ4n) is 3.97. The number of benzene rings is 1. The molecule has 2 nitrogen and oxygen atoms in total. The lowest BCUT2D eigenvalue weighted by molar-refractivity contribution is 0.159. The van der Waals surface area contributed by atoms with Crippen molar-refractivity contribution in [3.05, 3.63) is 77.3 Å². The largest absolute Gasteiger partial charge is 0.349 e. The second kappa shape index (κ2) is 6.16. The van der Waals surface area contributed by atoms with Crippen LogP contribution in [0.3, 0.4) is 0 Å². The van der Waals surface area contributed by atoms with Gasteiger partial charge >= 0.3 is 0 Å². The highest BCUT2D eigenvalue weighted by Gasteiger charge is 2.39. The lowest BCUT2D eigenvalue weighted by Crippen LogP contribution is -2.40. The predicted octanol–water partition coefficient (Wildman–Crippen LogP) is 5.31. The number of allylic oxidation sites excluding steroid dienone is 4. The highest BCUT2D eigenvalue weighted by Crippen LogP contribution is 2.46. The van der Waals surface area contributed by atoms with Crippen LogP contribution in [0.15, 0.2) is 65.0 Å². The Morgan fingerprint density at radius 1 is 0.958 bits per heavy atom. The molecule has 0 spiro atoms. The molecule has 3 rings (SSSR count). The minimum absolute atomic E-state index is 0.124. The zero-order valence-corrected chi connectivity index (χ0v) is 15.7. The summed E-state index contributed by atoms with van der Waals surface area (Å²) in [6.45, 7) is 14.9. The maximum absolute atomic E-state index is 3.44. The molecule has 0 amide bonds. The zero-order valence-electron chi connectivity index (χ0n) is 15.7. The van der Waals surface area contributed by atoms with E-state index < -0.39 is 0 Å². The minimum atomic E-state index is -0.124. The monoisotopic (exact) mass is 320 g/mol. The average molecular weight is 320 g/mol. The average Bonchev–Trinajstić information content (AvgIpc) is 3.10. The van der Waals surface area contributed by atoms with Crippen molar-refractivity contribution in [3.8, 4) is 0 Å². The van der Waals surface area contributed by atoms with Gasteiger partial charge in [-0.25, -0.2) is 0 Å². The van der Waals surface area contributed by atoms with E-state index in [2.05, 4.69) is 88.9 Å². The summed E-state index contributed by atoms with van der Waals surface area (Å²) < 4.78 is 0. The quantitative estimate of drug-likeness (QED) is 0.742. The molecular formula is C22H28N2. The van der Waals surface area contributed by atoms with Gasteiger partial charge in [-0.05, 0) is 57.7 Å². The Hall–Kier alpha value is -1.96. The number of rotatable bonds is 4. The first-order valence-corrected chi connectivity index (χ1v) is 8.72. The summed E-state index contributed by atoms with van der Waals surface area (Å²) in [7, 11) is 2.03. The summed E-state index contributed by atoms with van der Waals surface area (Å²) in [4.78, 5) is 4.24. The molecule has 1 unspecified atom stereocenters. The molecule has 0 fully saturated rings. The molecule has 24 heavy (non-hydrogen) atoms. The molecule has 126 valence electrons. The molecule has 1 aliphatic carbocycles. The van der Waals surface area contributed by atoms with Crippen LogP contribution in [-0.2, 0) is 5.54 Å². The van der Waals surface area contributed by atoms with Crippen LogP contribution in [0.25, 0.3) is 0 Å². The lowest BCUT2D eigenvalue weighted by atomic mass is 9.78. The maximum atomic E-state index is 3.44. The Morgan fingerprint density at radius 3 is 2.04 bits per heavy atom. The molecule has 0 bridgehead atoms. The minimum Gasteiger partial charge on any atom is -0.349 e. The van der Waals surface area contributed by atoms with Gasteiger partial charge in [-0.1, -0.05) is 41.5 Å². The van der Waals surface area contributed by atoms with Gasteiger partial charge in [0.25, 0.3) is 0 Å². The van der Waals surface area contributed by atoms with Crippen molar-refractivity contribution in [3.63, 3.8) is 0 Å². The van der Waals surface area contributed by atoms with Crippen molar-refractivity contribution in [2.75, 3.05) is 7.05 Å². The standard InChI is InChI=1S/C22H28N2/c1-16-17(2)19(4)21(18(16)3)14-22(5,20-10-8-7-9-11-20)24-13-12-23(6)15-24/h7-13,21H,14H2,1-6H3. The molecule has 0 N–H and O–H groups in total. The molecular weight excluding hydrogens is 292 g/mol. The summed E-state index contributed by atoms with van der Waals surface area (Å²) in [6.07, 6.45) is 5.26. The molecule has 0 saturated carbocycles. The van der Waals surface area contributed by atoms with Crippen LogP contribution in [0.5, 0.6) is 0 Å². The van der Waals surface area contributed by atoms with Gasteiger partial charge in [0.1, 0.15) is 0 Å². The summed E-state index contributed by atoms with van der Waals surface area (Å²) in [6, 6.07) is 10.8. The van der Waals surface area contributed by atoms with Crippen LogP contribution >= 0.6 is 0 Å². The summed E-state index contributed by atoms with van der Waals surface area (Å²) in [5, 5.41) is 0. The van der Waals surface area contributed by atoms with Crippen LogP contribution in [0.4, 0.5) is 0 Å². The zero-order chi connectivity index (χ0) is 17.5. The molecule has 1 heterocycles. The van der Waals surface area contributed by atoms with Gasteiger partial charge in [-0.2, -0.15) is 0 Å². The Morgan fingerprint density at radius 2 is 1.54 bits per heavy atom. The van der Waals surface area contributed by atoms with Crippen LogP contribution in [-0.4, -0.2) is 16.8 Å². The smallest absolute Gasteiger partial charge is 0.208 e. The van der Waals surface area contributed by atoms with Gasteiger partial charge in [0, 0.05) is 25.4 Å². The molecule has 1 aliphatic heterocycles. The third-order valence-electron chi connectivity index (χ3n) is 6.02. The van der Waals surface area contributed by atoms with E-state index in [9.17, 15) is 0 Å². The lowest BCUT2D eigenvalue weighted by Gasteiger charge is -2.41. The fraction of sp³-hybridized carbons (Fsp3) is 0.409. The molecule has 0 saturated heterocycles. The van der Waals surface area contributed by atoms with Gasteiger partial charge in [0.05, 0.1) is 5.54 Å². The Bertz CT molecular complexity index is 687. The van der Waals surface area contributed by atoms with Crippen LogP contribution in [0.1, 0.15) is 46.6 Å². The van der Waals surface area contributed by atoms with Crippen molar-refractivity contribution in [1.29, 1.82) is 0 Å². The molecule has 1 aromatic carbocycles. The normalized spacial score (nSPS) is 21.2. The second-order valence-corrected chi connectivity index (χ2v) is 7.39. The van der Waals surface area contributed by atoms with E-state index in [0.29, 0.717) is 5.92 Å². The summed E-state index contributed by atoms with van der Waals surface area (Å²) >= 11 is 0. The highest BCUT2D eigenvalue weighted by molar-refractivity contribution is 5.47. The Balaban J connectivity index is 2.00. The van der Waals surface area contributed by atoms with E-state index in [1.54, 1.807) is 0 Å². The van der Waals surface area contributed by atoms with E-state index in [1.165, 1.54) is 27.9 Å². The first-order chi connectivity index (χ1) is 11.3. The third kappa shape index (κ3) is 2.68. The predicted molar refractivity (Wildman–Crippen MR) is 101 cm³/mol. The van der Waals surface area contributed by atoms with Gasteiger partial charge in [-0.3, -0.25) is 0 Å². The van der Waals surface area contributed by atoms with Crippen molar-refractivity contribution in [2.45, 2.75) is 46.6 Å². The molecule has 2 aliphatic rings. The Labute approximate surface area is 147 Å².